The van der Waals surface area contributed by atoms with Crippen LogP contribution < -0.4 is 5.32 Å². The first-order valence-corrected chi connectivity index (χ1v) is 7.64. The Labute approximate surface area is 119 Å². The van der Waals surface area contributed by atoms with Crippen molar-refractivity contribution >= 4 is 11.9 Å². The number of hydrogen-bond donors (Lipinski definition) is 3. The fourth-order valence-electron chi connectivity index (χ4n) is 3.75. The molecule has 5 heteroatoms. The van der Waals surface area contributed by atoms with Crippen molar-refractivity contribution in [1.82, 2.24) is 5.32 Å². The van der Waals surface area contributed by atoms with E-state index in [-0.39, 0.29) is 12.5 Å². The summed E-state index contributed by atoms with van der Waals surface area (Å²) in [5.41, 5.74) is -0.815. The van der Waals surface area contributed by atoms with Gasteiger partial charge in [0, 0.05) is 6.54 Å². The Morgan fingerprint density at radius 1 is 1.20 bits per heavy atom. The standard InChI is InChI=1S/C15H25NO4/c1-10-4-3-7-15(20,8-10)9-16-13(17)11-5-2-6-12(11)14(18)19/h10-12,20H,2-9H2,1H3,(H,16,17)(H,18,19). The molecule has 5 nitrogen and oxygen atoms in total. The number of carbonyl (C=O) groups is 2. The van der Waals surface area contributed by atoms with Gasteiger partial charge in [0.25, 0.3) is 0 Å². The second kappa shape index (κ2) is 6.12. The summed E-state index contributed by atoms with van der Waals surface area (Å²) in [4.78, 5) is 23.2. The molecule has 0 aromatic rings. The van der Waals surface area contributed by atoms with Crippen LogP contribution in [0.5, 0.6) is 0 Å². The molecule has 0 aromatic carbocycles. The third-order valence-corrected chi connectivity index (χ3v) is 4.83. The second-order valence-electron chi connectivity index (χ2n) is 6.63. The van der Waals surface area contributed by atoms with E-state index in [1.807, 2.05) is 0 Å². The minimum Gasteiger partial charge on any atom is -0.481 e. The quantitative estimate of drug-likeness (QED) is 0.730. The molecule has 4 atom stereocenters. The highest BCUT2D eigenvalue weighted by atomic mass is 16.4. The summed E-state index contributed by atoms with van der Waals surface area (Å²) in [7, 11) is 0. The van der Waals surface area contributed by atoms with E-state index < -0.39 is 23.4 Å². The molecular weight excluding hydrogens is 258 g/mol. The van der Waals surface area contributed by atoms with Gasteiger partial charge in [-0.3, -0.25) is 9.59 Å². The summed E-state index contributed by atoms with van der Waals surface area (Å²) >= 11 is 0. The SMILES string of the molecule is CC1CCCC(O)(CNC(=O)C2CCCC2C(=O)O)C1. The summed E-state index contributed by atoms with van der Waals surface area (Å²) < 4.78 is 0. The second-order valence-corrected chi connectivity index (χ2v) is 6.63. The highest BCUT2D eigenvalue weighted by Gasteiger charge is 2.39. The van der Waals surface area contributed by atoms with Crippen LogP contribution in [0.15, 0.2) is 0 Å². The lowest BCUT2D eigenvalue weighted by Crippen LogP contribution is -2.47. The maximum absolute atomic E-state index is 12.1. The van der Waals surface area contributed by atoms with Crippen LogP contribution in [0, 0.1) is 17.8 Å². The van der Waals surface area contributed by atoms with Crippen molar-refractivity contribution in [3.8, 4) is 0 Å². The molecule has 0 saturated heterocycles. The smallest absolute Gasteiger partial charge is 0.307 e. The fraction of sp³-hybridized carbons (Fsp3) is 0.867. The molecule has 1 amide bonds. The number of carboxylic acids is 1. The van der Waals surface area contributed by atoms with E-state index in [1.54, 1.807) is 0 Å². The van der Waals surface area contributed by atoms with E-state index in [2.05, 4.69) is 12.2 Å². The number of carboxylic acid groups (broad SMARTS) is 1. The molecule has 0 aliphatic heterocycles. The molecule has 2 fully saturated rings. The largest absolute Gasteiger partial charge is 0.481 e. The Hall–Kier alpha value is -1.10. The normalized spacial score (nSPS) is 37.6. The third-order valence-electron chi connectivity index (χ3n) is 4.83. The Kier molecular flexibility index (Phi) is 4.68. The molecule has 20 heavy (non-hydrogen) atoms. The van der Waals surface area contributed by atoms with Crippen LogP contribution in [-0.4, -0.2) is 34.2 Å². The minimum atomic E-state index is -0.882. The minimum absolute atomic E-state index is 0.207. The lowest BCUT2D eigenvalue weighted by molar-refractivity contribution is -0.146. The predicted molar refractivity (Wildman–Crippen MR) is 74.1 cm³/mol. The van der Waals surface area contributed by atoms with Gasteiger partial charge in [0.15, 0.2) is 0 Å². The van der Waals surface area contributed by atoms with E-state index in [0.717, 1.165) is 19.3 Å². The van der Waals surface area contributed by atoms with Crippen LogP contribution in [0.3, 0.4) is 0 Å². The van der Waals surface area contributed by atoms with E-state index >= 15 is 0 Å². The first-order chi connectivity index (χ1) is 9.41. The zero-order valence-electron chi connectivity index (χ0n) is 12.1. The van der Waals surface area contributed by atoms with Crippen LogP contribution in [0.4, 0.5) is 0 Å². The van der Waals surface area contributed by atoms with Gasteiger partial charge in [0.05, 0.1) is 17.4 Å². The van der Waals surface area contributed by atoms with Crippen LogP contribution in [0.2, 0.25) is 0 Å². The molecule has 0 heterocycles. The van der Waals surface area contributed by atoms with Gasteiger partial charge >= 0.3 is 5.97 Å². The Morgan fingerprint density at radius 2 is 1.90 bits per heavy atom. The van der Waals surface area contributed by atoms with Crippen molar-refractivity contribution in [3.05, 3.63) is 0 Å². The van der Waals surface area contributed by atoms with Gasteiger partial charge < -0.3 is 15.5 Å². The lowest BCUT2D eigenvalue weighted by Gasteiger charge is -2.36. The number of amides is 1. The molecule has 0 radical (unpaired) electrons. The summed E-state index contributed by atoms with van der Waals surface area (Å²) in [6.45, 7) is 2.36. The first kappa shape index (κ1) is 15.3. The Balaban J connectivity index is 1.87. The molecule has 114 valence electrons. The average Bonchev–Trinajstić information content (AvgIpc) is 2.85. The number of aliphatic hydroxyl groups is 1. The zero-order valence-corrected chi connectivity index (χ0v) is 12.1. The highest BCUT2D eigenvalue weighted by Crippen LogP contribution is 2.34. The predicted octanol–water partition coefficient (Wildman–Crippen LogP) is 1.54. The molecule has 0 aromatic heterocycles. The fourth-order valence-corrected chi connectivity index (χ4v) is 3.75. The molecule has 2 saturated carbocycles. The lowest BCUT2D eigenvalue weighted by atomic mass is 9.79. The molecule has 3 N–H and O–H groups in total. The average molecular weight is 283 g/mol. The van der Waals surface area contributed by atoms with Crippen LogP contribution in [0.25, 0.3) is 0 Å². The Bertz CT molecular complexity index is 384. The van der Waals surface area contributed by atoms with E-state index in [4.69, 9.17) is 5.11 Å². The third kappa shape index (κ3) is 3.51. The van der Waals surface area contributed by atoms with Crippen molar-refractivity contribution in [2.24, 2.45) is 17.8 Å². The first-order valence-electron chi connectivity index (χ1n) is 7.64. The number of carbonyl (C=O) groups excluding carboxylic acids is 1. The molecule has 2 aliphatic carbocycles. The van der Waals surface area contributed by atoms with Crippen LogP contribution in [-0.2, 0) is 9.59 Å². The van der Waals surface area contributed by atoms with Crippen LogP contribution >= 0.6 is 0 Å². The van der Waals surface area contributed by atoms with Crippen molar-refractivity contribution in [1.29, 1.82) is 0 Å². The summed E-state index contributed by atoms with van der Waals surface area (Å²) in [6, 6.07) is 0. The number of hydrogen-bond acceptors (Lipinski definition) is 3. The van der Waals surface area contributed by atoms with Gasteiger partial charge in [-0.05, 0) is 31.6 Å². The van der Waals surface area contributed by atoms with Crippen molar-refractivity contribution in [2.75, 3.05) is 6.54 Å². The van der Waals surface area contributed by atoms with Gasteiger partial charge in [-0.15, -0.1) is 0 Å². The van der Waals surface area contributed by atoms with Gasteiger partial charge in [-0.1, -0.05) is 26.2 Å². The summed E-state index contributed by atoms with van der Waals surface area (Å²) in [6.07, 6.45) is 5.53. The summed E-state index contributed by atoms with van der Waals surface area (Å²) in [5, 5.41) is 22.4. The number of aliphatic carboxylic acids is 1. The maximum atomic E-state index is 12.1. The molecular formula is C15H25NO4. The number of nitrogens with one attached hydrogen (secondary N) is 1. The van der Waals surface area contributed by atoms with Gasteiger partial charge in [0.2, 0.25) is 5.91 Å². The molecule has 2 aliphatic rings. The molecule has 4 unspecified atom stereocenters. The van der Waals surface area contributed by atoms with E-state index in [9.17, 15) is 14.7 Å². The summed E-state index contributed by atoms with van der Waals surface area (Å²) in [5.74, 6) is -1.61. The monoisotopic (exact) mass is 283 g/mol. The maximum Gasteiger partial charge on any atom is 0.307 e. The van der Waals surface area contributed by atoms with Gasteiger partial charge in [0.1, 0.15) is 0 Å². The van der Waals surface area contributed by atoms with Crippen LogP contribution in [0.1, 0.15) is 51.9 Å². The van der Waals surface area contributed by atoms with Crippen molar-refractivity contribution in [3.63, 3.8) is 0 Å². The topological polar surface area (TPSA) is 86.6 Å². The van der Waals surface area contributed by atoms with Gasteiger partial charge in [-0.25, -0.2) is 0 Å². The van der Waals surface area contributed by atoms with E-state index in [1.165, 1.54) is 0 Å². The van der Waals surface area contributed by atoms with Crippen molar-refractivity contribution < 1.29 is 19.8 Å². The van der Waals surface area contributed by atoms with Gasteiger partial charge in [-0.2, -0.15) is 0 Å². The molecule has 2 rings (SSSR count). The molecule has 0 bridgehead atoms. The van der Waals surface area contributed by atoms with E-state index in [0.29, 0.717) is 31.6 Å². The highest BCUT2D eigenvalue weighted by molar-refractivity contribution is 5.85. The van der Waals surface area contributed by atoms with Crippen molar-refractivity contribution in [2.45, 2.75) is 57.5 Å². The Morgan fingerprint density at radius 3 is 2.55 bits per heavy atom. The number of rotatable bonds is 4. The zero-order chi connectivity index (χ0) is 14.8. The molecule has 0 spiro atoms.